The normalized spacial score (nSPS) is 17.2. The molecule has 0 aromatic heterocycles. The van der Waals surface area contributed by atoms with Gasteiger partial charge in [-0.1, -0.05) is 29.3 Å². The largest absolute Gasteiger partial charge is 0.396 e. The van der Waals surface area contributed by atoms with Crippen LogP contribution >= 0.6 is 23.2 Å². The number of nitrogens with zero attached hydrogens (tertiary/aromatic N) is 2. The van der Waals surface area contributed by atoms with Gasteiger partial charge in [-0.25, -0.2) is 4.79 Å². The quantitative estimate of drug-likeness (QED) is 0.801. The molecule has 2 N–H and O–H groups in total. The van der Waals surface area contributed by atoms with Gasteiger partial charge in [-0.15, -0.1) is 0 Å². The number of carbonyl (C=O) groups is 2. The smallest absolute Gasteiger partial charge is 0.317 e. The first-order chi connectivity index (χ1) is 11.4. The zero-order chi connectivity index (χ0) is 17.7. The molecule has 1 unspecified atom stereocenters. The highest BCUT2D eigenvalue weighted by Crippen LogP contribution is 2.23. The van der Waals surface area contributed by atoms with Crippen molar-refractivity contribution in [3.63, 3.8) is 0 Å². The van der Waals surface area contributed by atoms with Crippen LogP contribution in [-0.4, -0.2) is 59.6 Å². The molecule has 0 aliphatic carbocycles. The summed E-state index contributed by atoms with van der Waals surface area (Å²) in [5, 5.41) is 12.8. The number of hydrogen-bond acceptors (Lipinski definition) is 3. The Hall–Kier alpha value is -1.50. The number of carbonyl (C=O) groups excluding carboxylic acids is 2. The molecule has 1 fully saturated rings. The maximum atomic E-state index is 12.5. The second-order valence-electron chi connectivity index (χ2n) is 5.87. The van der Waals surface area contributed by atoms with Gasteiger partial charge in [0.2, 0.25) is 5.91 Å². The predicted molar refractivity (Wildman–Crippen MR) is 93.1 cm³/mol. The highest BCUT2D eigenvalue weighted by atomic mass is 35.5. The first kappa shape index (κ1) is 18.8. The number of rotatable bonds is 6. The lowest BCUT2D eigenvalue weighted by molar-refractivity contribution is -0.126. The van der Waals surface area contributed by atoms with Gasteiger partial charge in [-0.3, -0.25) is 4.79 Å². The molecule has 3 amide bonds. The van der Waals surface area contributed by atoms with Crippen molar-refractivity contribution in [2.24, 2.45) is 0 Å². The molecule has 8 heteroatoms. The number of nitrogens with one attached hydrogen (secondary N) is 1. The maximum absolute atomic E-state index is 12.5. The first-order valence-electron chi connectivity index (χ1n) is 7.75. The Kier molecular flexibility index (Phi) is 6.71. The van der Waals surface area contributed by atoms with Gasteiger partial charge >= 0.3 is 6.03 Å². The minimum atomic E-state index is -0.261. The highest BCUT2D eigenvalue weighted by Gasteiger charge is 2.29. The topological polar surface area (TPSA) is 72.9 Å². The number of urea groups is 1. The van der Waals surface area contributed by atoms with E-state index < -0.39 is 0 Å². The van der Waals surface area contributed by atoms with Crippen molar-refractivity contribution in [3.8, 4) is 0 Å². The van der Waals surface area contributed by atoms with E-state index in [1.54, 1.807) is 35.0 Å². The van der Waals surface area contributed by atoms with Crippen molar-refractivity contribution >= 4 is 35.1 Å². The Morgan fingerprint density at radius 2 is 2.17 bits per heavy atom. The molecule has 1 aromatic rings. The van der Waals surface area contributed by atoms with Crippen molar-refractivity contribution in [2.75, 3.05) is 26.7 Å². The molecule has 1 atom stereocenters. The summed E-state index contributed by atoms with van der Waals surface area (Å²) in [6.07, 6.45) is 0.779. The van der Waals surface area contributed by atoms with E-state index in [-0.39, 0.29) is 24.6 Å². The third kappa shape index (κ3) is 5.00. The molecule has 24 heavy (non-hydrogen) atoms. The molecule has 1 aromatic carbocycles. The molecule has 0 spiro atoms. The molecular weight excluding hydrogens is 353 g/mol. The zero-order valence-corrected chi connectivity index (χ0v) is 15.0. The number of amides is 3. The molecule has 6 nitrogen and oxygen atoms in total. The molecule has 0 radical (unpaired) electrons. The predicted octanol–water partition coefficient (Wildman–Crippen LogP) is 2.12. The van der Waals surface area contributed by atoms with Crippen LogP contribution in [0.4, 0.5) is 4.79 Å². The van der Waals surface area contributed by atoms with Gasteiger partial charge in [0, 0.05) is 39.7 Å². The summed E-state index contributed by atoms with van der Waals surface area (Å²) in [5.74, 6) is 0.0201. The third-order valence-electron chi connectivity index (χ3n) is 3.90. The van der Waals surface area contributed by atoms with E-state index in [4.69, 9.17) is 28.3 Å². The van der Waals surface area contributed by atoms with Crippen molar-refractivity contribution < 1.29 is 14.7 Å². The van der Waals surface area contributed by atoms with E-state index in [0.29, 0.717) is 42.5 Å². The van der Waals surface area contributed by atoms with E-state index >= 15 is 0 Å². The van der Waals surface area contributed by atoms with E-state index in [0.717, 1.165) is 5.56 Å². The van der Waals surface area contributed by atoms with Gasteiger partial charge < -0.3 is 20.2 Å². The Bertz CT molecular complexity index is 612. The van der Waals surface area contributed by atoms with Crippen molar-refractivity contribution in [1.29, 1.82) is 0 Å². The number of aliphatic hydroxyl groups excluding tert-OH is 1. The fourth-order valence-corrected chi connectivity index (χ4v) is 2.92. The molecule has 1 heterocycles. The Morgan fingerprint density at radius 3 is 2.75 bits per heavy atom. The van der Waals surface area contributed by atoms with Crippen LogP contribution < -0.4 is 5.32 Å². The number of likely N-dealkylation sites (N-methyl/N-ethyl adjacent to an activating group) is 1. The summed E-state index contributed by atoms with van der Waals surface area (Å²) in [7, 11) is 1.72. The second kappa shape index (κ2) is 8.55. The summed E-state index contributed by atoms with van der Waals surface area (Å²) >= 11 is 11.9. The average Bonchev–Trinajstić information content (AvgIpc) is 2.84. The molecule has 1 aliphatic heterocycles. The van der Waals surface area contributed by atoms with Crippen LogP contribution in [0.25, 0.3) is 0 Å². The minimum Gasteiger partial charge on any atom is -0.396 e. The fraction of sp³-hybridized carbons (Fsp3) is 0.500. The summed E-state index contributed by atoms with van der Waals surface area (Å²) in [6, 6.07) is 4.76. The van der Waals surface area contributed by atoms with Crippen molar-refractivity contribution in [2.45, 2.75) is 25.4 Å². The van der Waals surface area contributed by atoms with Crippen molar-refractivity contribution in [1.82, 2.24) is 15.1 Å². The molecule has 1 aliphatic rings. The highest BCUT2D eigenvalue weighted by molar-refractivity contribution is 6.42. The maximum Gasteiger partial charge on any atom is 0.317 e. The van der Waals surface area contributed by atoms with E-state index in [9.17, 15) is 9.59 Å². The standard InChI is InChI=1S/C16H21Cl2N3O3/c1-20-10-12(8-15(20)23)19-16(24)21(5-2-6-22)9-11-3-4-13(17)14(18)7-11/h3-4,7,12,22H,2,5-6,8-10H2,1H3,(H,19,24). The van der Waals surface area contributed by atoms with Crippen LogP contribution in [0.15, 0.2) is 18.2 Å². The molecule has 132 valence electrons. The lowest BCUT2D eigenvalue weighted by Crippen LogP contribution is -2.45. The van der Waals surface area contributed by atoms with Crippen molar-refractivity contribution in [3.05, 3.63) is 33.8 Å². The van der Waals surface area contributed by atoms with Gasteiger partial charge in [-0.2, -0.15) is 0 Å². The van der Waals surface area contributed by atoms with Gasteiger partial charge in [-0.05, 0) is 24.1 Å². The van der Waals surface area contributed by atoms with E-state index in [1.165, 1.54) is 0 Å². The second-order valence-corrected chi connectivity index (χ2v) is 6.69. The summed E-state index contributed by atoms with van der Waals surface area (Å²) < 4.78 is 0. The average molecular weight is 374 g/mol. The van der Waals surface area contributed by atoms with Crippen LogP contribution in [0.1, 0.15) is 18.4 Å². The zero-order valence-electron chi connectivity index (χ0n) is 13.5. The monoisotopic (exact) mass is 373 g/mol. The van der Waals surface area contributed by atoms with Crippen LogP contribution in [-0.2, 0) is 11.3 Å². The number of halogens is 2. The summed E-state index contributed by atoms with van der Waals surface area (Å²) in [5.41, 5.74) is 0.845. The fourth-order valence-electron chi connectivity index (χ4n) is 2.60. The Morgan fingerprint density at radius 1 is 1.42 bits per heavy atom. The van der Waals surface area contributed by atoms with Crippen LogP contribution in [0.3, 0.4) is 0 Å². The van der Waals surface area contributed by atoms with Crippen LogP contribution in [0, 0.1) is 0 Å². The molecule has 1 saturated heterocycles. The lowest BCUT2D eigenvalue weighted by Gasteiger charge is -2.25. The summed E-state index contributed by atoms with van der Waals surface area (Å²) in [6.45, 7) is 1.25. The van der Waals surface area contributed by atoms with Gasteiger partial charge in [0.25, 0.3) is 0 Å². The first-order valence-corrected chi connectivity index (χ1v) is 8.50. The molecule has 2 rings (SSSR count). The molecule has 0 bridgehead atoms. The van der Waals surface area contributed by atoms with Gasteiger partial charge in [0.1, 0.15) is 0 Å². The summed E-state index contributed by atoms with van der Waals surface area (Å²) in [4.78, 5) is 27.3. The molecule has 0 saturated carbocycles. The Labute approximate surface area is 151 Å². The van der Waals surface area contributed by atoms with Crippen LogP contribution in [0.5, 0.6) is 0 Å². The van der Waals surface area contributed by atoms with Gasteiger partial charge in [0.15, 0.2) is 0 Å². The molecular formula is C16H21Cl2N3O3. The van der Waals surface area contributed by atoms with Crippen LogP contribution in [0.2, 0.25) is 10.0 Å². The van der Waals surface area contributed by atoms with Gasteiger partial charge in [0.05, 0.1) is 16.1 Å². The van der Waals surface area contributed by atoms with E-state index in [2.05, 4.69) is 5.32 Å². The Balaban J connectivity index is 2.02. The number of aliphatic hydroxyl groups is 1. The lowest BCUT2D eigenvalue weighted by atomic mass is 10.2. The number of likely N-dealkylation sites (tertiary alicyclic amines) is 1. The third-order valence-corrected chi connectivity index (χ3v) is 4.64. The minimum absolute atomic E-state index is 0.00416. The number of hydrogen-bond donors (Lipinski definition) is 2. The number of benzene rings is 1. The SMILES string of the molecule is CN1CC(NC(=O)N(CCCO)Cc2ccc(Cl)c(Cl)c2)CC1=O. The van der Waals surface area contributed by atoms with E-state index in [1.807, 2.05) is 0 Å².